The van der Waals surface area contributed by atoms with Gasteiger partial charge in [0.05, 0.1) is 6.04 Å². The van der Waals surface area contributed by atoms with Gasteiger partial charge in [-0.25, -0.2) is 0 Å². The molecule has 1 atom stereocenters. The zero-order valence-electron chi connectivity index (χ0n) is 14.2. The maximum Gasteiger partial charge on any atom is 0.149 e. The summed E-state index contributed by atoms with van der Waals surface area (Å²) < 4.78 is 0. The molecular weight excluding hydrogens is 260 g/mol. The Kier molecular flexibility index (Phi) is 15.7. The number of hydrogen-bond acceptors (Lipinski definition) is 3. The van der Waals surface area contributed by atoms with E-state index in [0.717, 1.165) is 25.7 Å². The number of carbonyl (C=O) groups excluding carboxylic acids is 1. The number of carbonyl (C=O) groups is 1. The van der Waals surface area contributed by atoms with Gasteiger partial charge in [0.1, 0.15) is 5.78 Å². The van der Waals surface area contributed by atoms with E-state index in [2.05, 4.69) is 6.92 Å². The van der Waals surface area contributed by atoms with E-state index in [0.29, 0.717) is 13.0 Å². The van der Waals surface area contributed by atoms with E-state index in [1.165, 1.54) is 57.8 Å². The van der Waals surface area contributed by atoms with Gasteiger partial charge < -0.3 is 11.5 Å². The summed E-state index contributed by atoms with van der Waals surface area (Å²) in [7, 11) is 0. The average Bonchev–Trinajstić information content (AvgIpc) is 2.49. The molecule has 0 unspecified atom stereocenters. The molecule has 0 saturated heterocycles. The van der Waals surface area contributed by atoms with Crippen molar-refractivity contribution >= 4 is 5.78 Å². The maximum atomic E-state index is 11.8. The molecule has 0 saturated carbocycles. The minimum atomic E-state index is -0.255. The van der Waals surface area contributed by atoms with E-state index >= 15 is 0 Å². The normalized spacial score (nSPS) is 12.5. The highest BCUT2D eigenvalue weighted by molar-refractivity contribution is 5.83. The minimum Gasteiger partial charge on any atom is -0.330 e. The van der Waals surface area contributed by atoms with Crippen LogP contribution in [0.1, 0.15) is 96.8 Å². The van der Waals surface area contributed by atoms with Gasteiger partial charge in [-0.1, -0.05) is 71.1 Å². The molecule has 0 aromatic rings. The molecule has 0 aromatic carbocycles. The van der Waals surface area contributed by atoms with Gasteiger partial charge in [-0.2, -0.15) is 0 Å². The van der Waals surface area contributed by atoms with Gasteiger partial charge in [-0.3, -0.25) is 4.79 Å². The van der Waals surface area contributed by atoms with Crippen molar-refractivity contribution in [2.24, 2.45) is 11.5 Å². The van der Waals surface area contributed by atoms with Crippen LogP contribution in [0.2, 0.25) is 0 Å². The molecule has 3 nitrogen and oxygen atoms in total. The third-order valence-corrected chi connectivity index (χ3v) is 4.16. The molecule has 0 fully saturated rings. The summed E-state index contributed by atoms with van der Waals surface area (Å²) in [6.45, 7) is 2.95. The summed E-state index contributed by atoms with van der Waals surface area (Å²) >= 11 is 0. The second-order valence-electron chi connectivity index (χ2n) is 6.29. The first-order valence-corrected chi connectivity index (χ1v) is 9.20. The topological polar surface area (TPSA) is 69.1 Å². The lowest BCUT2D eigenvalue weighted by atomic mass is 10.0. The number of hydrogen-bond donors (Lipinski definition) is 2. The largest absolute Gasteiger partial charge is 0.330 e. The van der Waals surface area contributed by atoms with Gasteiger partial charge >= 0.3 is 0 Å². The molecule has 0 aliphatic rings. The molecule has 0 aromatic heterocycles. The van der Waals surface area contributed by atoms with E-state index in [9.17, 15) is 4.79 Å². The first-order chi connectivity index (χ1) is 10.2. The Bertz CT molecular complexity index is 231. The van der Waals surface area contributed by atoms with Crippen molar-refractivity contribution in [1.29, 1.82) is 0 Å². The fourth-order valence-corrected chi connectivity index (χ4v) is 2.64. The zero-order valence-corrected chi connectivity index (χ0v) is 14.2. The number of Topliss-reactive ketones (excluding diaryl/α,β-unsaturated/α-hetero) is 1. The highest BCUT2D eigenvalue weighted by atomic mass is 16.1. The molecule has 4 N–H and O–H groups in total. The molecule has 21 heavy (non-hydrogen) atoms. The summed E-state index contributed by atoms with van der Waals surface area (Å²) in [5.74, 6) is 0.242. The Morgan fingerprint density at radius 3 is 1.86 bits per heavy atom. The summed E-state index contributed by atoms with van der Waals surface area (Å²) in [4.78, 5) is 11.8. The van der Waals surface area contributed by atoms with E-state index in [1.54, 1.807) is 0 Å². The van der Waals surface area contributed by atoms with Crippen LogP contribution >= 0.6 is 0 Å². The Morgan fingerprint density at radius 2 is 1.33 bits per heavy atom. The Labute approximate surface area is 132 Å². The van der Waals surface area contributed by atoms with Crippen LogP contribution in [-0.4, -0.2) is 18.4 Å². The summed E-state index contributed by atoms with van der Waals surface area (Å²) in [5, 5.41) is 0. The number of rotatable bonds is 16. The second-order valence-corrected chi connectivity index (χ2v) is 6.29. The van der Waals surface area contributed by atoms with Gasteiger partial charge in [0.2, 0.25) is 0 Å². The number of unbranched alkanes of at least 4 members (excludes halogenated alkanes) is 10. The molecule has 3 heteroatoms. The van der Waals surface area contributed by atoms with Crippen molar-refractivity contribution < 1.29 is 4.79 Å². The van der Waals surface area contributed by atoms with Crippen molar-refractivity contribution in [3.8, 4) is 0 Å². The molecule has 0 bridgehead atoms. The zero-order chi connectivity index (χ0) is 15.8. The van der Waals surface area contributed by atoms with Gasteiger partial charge in [-0.05, 0) is 25.8 Å². The highest BCUT2D eigenvalue weighted by Crippen LogP contribution is 2.12. The van der Waals surface area contributed by atoms with E-state index in [4.69, 9.17) is 11.5 Å². The quantitative estimate of drug-likeness (QED) is 0.417. The van der Waals surface area contributed by atoms with Gasteiger partial charge in [0.15, 0.2) is 0 Å². The van der Waals surface area contributed by atoms with E-state index in [-0.39, 0.29) is 11.8 Å². The predicted molar refractivity (Wildman–Crippen MR) is 92.3 cm³/mol. The van der Waals surface area contributed by atoms with Crippen LogP contribution in [-0.2, 0) is 4.79 Å². The minimum absolute atomic E-state index is 0.242. The summed E-state index contributed by atoms with van der Waals surface area (Å²) in [6, 6.07) is -0.255. The van der Waals surface area contributed by atoms with Crippen LogP contribution in [0.25, 0.3) is 0 Å². The second kappa shape index (κ2) is 16.0. The molecular formula is C18H38N2O. The lowest BCUT2D eigenvalue weighted by Crippen LogP contribution is -2.30. The average molecular weight is 299 g/mol. The van der Waals surface area contributed by atoms with Crippen LogP contribution in [0.15, 0.2) is 0 Å². The Balaban J connectivity index is 3.28. The fraction of sp³-hybridized carbons (Fsp3) is 0.944. The van der Waals surface area contributed by atoms with Gasteiger partial charge in [0, 0.05) is 6.42 Å². The molecule has 0 aliphatic carbocycles. The SMILES string of the molecule is CCCCCCCCCCCCC(=O)[C@@H](N)CCCCN. The Morgan fingerprint density at radius 1 is 0.810 bits per heavy atom. The fourth-order valence-electron chi connectivity index (χ4n) is 2.64. The monoisotopic (exact) mass is 298 g/mol. The Hall–Kier alpha value is -0.410. The summed E-state index contributed by atoms with van der Waals surface area (Å²) in [6.07, 6.45) is 16.4. The number of ketones is 1. The first kappa shape index (κ1) is 20.6. The van der Waals surface area contributed by atoms with Crippen LogP contribution in [0.4, 0.5) is 0 Å². The molecule has 126 valence electrons. The highest BCUT2D eigenvalue weighted by Gasteiger charge is 2.11. The van der Waals surface area contributed by atoms with Crippen molar-refractivity contribution in [1.82, 2.24) is 0 Å². The van der Waals surface area contributed by atoms with Crippen LogP contribution in [0.3, 0.4) is 0 Å². The predicted octanol–water partition coefficient (Wildman–Crippen LogP) is 4.32. The molecule has 0 amide bonds. The first-order valence-electron chi connectivity index (χ1n) is 9.20. The smallest absolute Gasteiger partial charge is 0.149 e. The standard InChI is InChI=1S/C18H38N2O/c1-2-3-4-5-6-7-8-9-10-11-15-18(21)17(20)14-12-13-16-19/h17H,2-16,19-20H2,1H3/t17-/m0/s1. The van der Waals surface area contributed by atoms with Crippen molar-refractivity contribution in [3.05, 3.63) is 0 Å². The molecule has 0 heterocycles. The van der Waals surface area contributed by atoms with Crippen molar-refractivity contribution in [3.63, 3.8) is 0 Å². The van der Waals surface area contributed by atoms with Gasteiger partial charge in [0.25, 0.3) is 0 Å². The van der Waals surface area contributed by atoms with Crippen LogP contribution in [0, 0.1) is 0 Å². The van der Waals surface area contributed by atoms with Crippen LogP contribution < -0.4 is 11.5 Å². The molecule has 0 rings (SSSR count). The lowest BCUT2D eigenvalue weighted by molar-refractivity contribution is -0.120. The third-order valence-electron chi connectivity index (χ3n) is 4.16. The molecule has 0 spiro atoms. The molecule has 0 aliphatic heterocycles. The van der Waals surface area contributed by atoms with Crippen LogP contribution in [0.5, 0.6) is 0 Å². The maximum absolute atomic E-state index is 11.8. The molecule has 0 radical (unpaired) electrons. The van der Waals surface area contributed by atoms with E-state index in [1.807, 2.05) is 0 Å². The van der Waals surface area contributed by atoms with Gasteiger partial charge in [-0.15, -0.1) is 0 Å². The lowest BCUT2D eigenvalue weighted by Gasteiger charge is -2.10. The van der Waals surface area contributed by atoms with E-state index < -0.39 is 0 Å². The third kappa shape index (κ3) is 14.3. The van der Waals surface area contributed by atoms with Crippen molar-refractivity contribution in [2.45, 2.75) is 103 Å². The van der Waals surface area contributed by atoms with Crippen molar-refractivity contribution in [2.75, 3.05) is 6.54 Å². The summed E-state index contributed by atoms with van der Waals surface area (Å²) in [5.41, 5.74) is 11.3. The number of nitrogens with two attached hydrogens (primary N) is 2.